The number of allylic oxidation sites excluding steroid dienone is 1. The summed E-state index contributed by atoms with van der Waals surface area (Å²) in [6.45, 7) is -0.202. The number of anilines is 1. The fraction of sp³-hybridized carbons (Fsp3) is 0.0500. The number of aromatic hydroxyl groups is 1. The minimum absolute atomic E-state index is 0.0575. The van der Waals surface area contributed by atoms with Crippen LogP contribution in [-0.4, -0.2) is 30.2 Å². The molecule has 0 unspecified atom stereocenters. The lowest BCUT2D eigenvalue weighted by Gasteiger charge is -2.08. The van der Waals surface area contributed by atoms with Gasteiger partial charge in [0.1, 0.15) is 6.54 Å². The van der Waals surface area contributed by atoms with Crippen molar-refractivity contribution in [1.29, 1.82) is 0 Å². The summed E-state index contributed by atoms with van der Waals surface area (Å²) in [6.07, 6.45) is 3.50. The highest BCUT2D eigenvalue weighted by Gasteiger charge is 2.17. The van der Waals surface area contributed by atoms with Gasteiger partial charge in [-0.1, -0.05) is 18.2 Å². The van der Waals surface area contributed by atoms with E-state index in [2.05, 4.69) is 10.3 Å². The van der Waals surface area contributed by atoms with Gasteiger partial charge in [-0.05, 0) is 48.6 Å². The molecule has 0 aliphatic carbocycles. The van der Waals surface area contributed by atoms with Gasteiger partial charge in [-0.3, -0.25) is 14.4 Å². The summed E-state index contributed by atoms with van der Waals surface area (Å²) in [7, 11) is -3.81. The molecule has 3 aromatic rings. The van der Waals surface area contributed by atoms with Gasteiger partial charge in [0.15, 0.2) is 3.95 Å². The van der Waals surface area contributed by atoms with Gasteiger partial charge >= 0.3 is 0 Å². The molecule has 158 valence electrons. The molecule has 0 saturated heterocycles. The molecule has 4 N–H and O–H groups in total. The van der Waals surface area contributed by atoms with Crippen molar-refractivity contribution >= 4 is 68.7 Å². The van der Waals surface area contributed by atoms with E-state index < -0.39 is 15.9 Å². The van der Waals surface area contributed by atoms with Gasteiger partial charge in [0.05, 0.1) is 15.5 Å². The van der Waals surface area contributed by atoms with Crippen LogP contribution in [0.15, 0.2) is 58.4 Å². The topological polar surface area (TPSA) is 127 Å². The van der Waals surface area contributed by atoms with E-state index in [-0.39, 0.29) is 17.3 Å². The van der Waals surface area contributed by atoms with Crippen LogP contribution < -0.4 is 10.5 Å². The van der Waals surface area contributed by atoms with Crippen LogP contribution in [0.2, 0.25) is 0 Å². The van der Waals surface area contributed by atoms with E-state index in [4.69, 9.17) is 17.4 Å². The van der Waals surface area contributed by atoms with E-state index >= 15 is 0 Å². The Kier molecular flexibility index (Phi) is 5.58. The number of hydrogen-bond acceptors (Lipinski definition) is 7. The van der Waals surface area contributed by atoms with Crippen molar-refractivity contribution in [1.82, 2.24) is 4.57 Å². The van der Waals surface area contributed by atoms with E-state index in [9.17, 15) is 18.3 Å². The molecule has 1 aliphatic rings. The van der Waals surface area contributed by atoms with Gasteiger partial charge in [0.25, 0.3) is 0 Å². The zero-order valence-corrected chi connectivity index (χ0v) is 18.3. The quantitative estimate of drug-likeness (QED) is 0.490. The number of carbonyl (C=O) groups is 1. The molecule has 2 aromatic carbocycles. The van der Waals surface area contributed by atoms with Crippen molar-refractivity contribution in [3.05, 3.63) is 62.9 Å². The van der Waals surface area contributed by atoms with E-state index in [1.165, 1.54) is 40.2 Å². The van der Waals surface area contributed by atoms with Gasteiger partial charge < -0.3 is 10.4 Å². The molecule has 1 aliphatic heterocycles. The molecule has 0 saturated carbocycles. The molecule has 0 atom stereocenters. The number of amides is 1. The molecule has 31 heavy (non-hydrogen) atoms. The molecule has 2 heterocycles. The predicted octanol–water partition coefficient (Wildman–Crippen LogP) is 3.53. The lowest BCUT2D eigenvalue weighted by molar-refractivity contribution is -0.116. The number of fused-ring (bicyclic) bond motifs is 1. The number of sulfonamides is 1. The molecule has 0 radical (unpaired) electrons. The smallest absolute Gasteiger partial charge is 0.244 e. The Balaban J connectivity index is 1.52. The van der Waals surface area contributed by atoms with Crippen LogP contribution in [0.5, 0.6) is 5.88 Å². The van der Waals surface area contributed by atoms with Gasteiger partial charge in [-0.2, -0.15) is 0 Å². The summed E-state index contributed by atoms with van der Waals surface area (Å²) in [4.78, 5) is 17.2. The van der Waals surface area contributed by atoms with Crippen LogP contribution >= 0.6 is 23.6 Å². The lowest BCUT2D eigenvalue weighted by Crippen LogP contribution is -2.18. The number of nitrogens with two attached hydrogens (primary N) is 1. The van der Waals surface area contributed by atoms with E-state index in [1.807, 2.05) is 24.3 Å². The maximum Gasteiger partial charge on any atom is 0.244 e. The Labute approximate surface area is 187 Å². The average molecular weight is 473 g/mol. The largest absolute Gasteiger partial charge is 0.493 e. The molecule has 1 aromatic heterocycles. The number of hydrogen-bond donors (Lipinski definition) is 3. The Morgan fingerprint density at radius 1 is 1.23 bits per heavy atom. The second kappa shape index (κ2) is 8.19. The first kappa shape index (κ1) is 21.1. The zero-order chi connectivity index (χ0) is 22.2. The number of carbonyl (C=O) groups excluding carboxylic acids is 1. The molecule has 0 bridgehead atoms. The van der Waals surface area contributed by atoms with Crippen LogP contribution in [0.3, 0.4) is 0 Å². The summed E-state index contributed by atoms with van der Waals surface area (Å²) < 4.78 is 24.3. The number of thiazole rings is 1. The molecule has 8 nitrogen and oxygen atoms in total. The summed E-state index contributed by atoms with van der Waals surface area (Å²) in [6, 6.07) is 13.1. The minimum atomic E-state index is -3.81. The normalized spacial score (nSPS) is 14.0. The second-order valence-electron chi connectivity index (χ2n) is 6.63. The molecular weight excluding hydrogens is 456 g/mol. The SMILES string of the molecule is NS(=O)(=O)c1ccc(NC(=O)Cn2c(O)c(/C=C3/C=Nc4ccccc43)sc2=S)cc1. The number of rotatable bonds is 5. The molecular formula is C20H16N4O4S3. The summed E-state index contributed by atoms with van der Waals surface area (Å²) >= 11 is 6.50. The Morgan fingerprint density at radius 2 is 1.94 bits per heavy atom. The van der Waals surface area contributed by atoms with Crippen LogP contribution in [0.4, 0.5) is 11.4 Å². The molecule has 0 fully saturated rings. The Hall–Kier alpha value is -3.12. The first-order chi connectivity index (χ1) is 14.7. The van der Waals surface area contributed by atoms with Crippen LogP contribution in [-0.2, 0) is 21.4 Å². The number of aliphatic imine (C=N–C) groups is 1. The highest BCUT2D eigenvalue weighted by atomic mass is 32.2. The predicted molar refractivity (Wildman–Crippen MR) is 124 cm³/mol. The van der Waals surface area contributed by atoms with Crippen LogP contribution in [0.1, 0.15) is 10.4 Å². The van der Waals surface area contributed by atoms with Crippen molar-refractivity contribution in [3.63, 3.8) is 0 Å². The van der Waals surface area contributed by atoms with E-state index in [0.29, 0.717) is 14.5 Å². The van der Waals surface area contributed by atoms with Crippen LogP contribution in [0.25, 0.3) is 11.6 Å². The number of aromatic nitrogens is 1. The Morgan fingerprint density at radius 3 is 2.65 bits per heavy atom. The van der Waals surface area contributed by atoms with Gasteiger partial charge in [0.2, 0.25) is 21.8 Å². The van der Waals surface area contributed by atoms with Gasteiger partial charge in [-0.15, -0.1) is 11.3 Å². The van der Waals surface area contributed by atoms with Crippen molar-refractivity contribution < 1.29 is 18.3 Å². The third-order valence-electron chi connectivity index (χ3n) is 4.51. The highest BCUT2D eigenvalue weighted by Crippen LogP contribution is 2.35. The fourth-order valence-corrected chi connectivity index (χ4v) is 4.79. The zero-order valence-electron chi connectivity index (χ0n) is 15.8. The van der Waals surface area contributed by atoms with Crippen molar-refractivity contribution in [2.24, 2.45) is 10.1 Å². The molecule has 4 rings (SSSR count). The van der Waals surface area contributed by atoms with E-state index in [1.54, 1.807) is 12.3 Å². The van der Waals surface area contributed by atoms with Crippen molar-refractivity contribution in [2.45, 2.75) is 11.4 Å². The number of para-hydroxylation sites is 1. The molecule has 0 spiro atoms. The lowest BCUT2D eigenvalue weighted by atomic mass is 10.1. The Bertz CT molecular complexity index is 1400. The van der Waals surface area contributed by atoms with Crippen LogP contribution in [0, 0.1) is 3.95 Å². The highest BCUT2D eigenvalue weighted by molar-refractivity contribution is 7.89. The average Bonchev–Trinajstić information content (AvgIpc) is 3.24. The summed E-state index contributed by atoms with van der Waals surface area (Å²) in [5, 5.41) is 18.3. The monoisotopic (exact) mass is 472 g/mol. The maximum absolute atomic E-state index is 12.4. The third kappa shape index (κ3) is 4.49. The van der Waals surface area contributed by atoms with Gasteiger partial charge in [-0.25, -0.2) is 13.6 Å². The second-order valence-corrected chi connectivity index (χ2v) is 9.87. The first-order valence-electron chi connectivity index (χ1n) is 8.93. The van der Waals surface area contributed by atoms with Gasteiger partial charge in [0, 0.05) is 23.0 Å². The number of nitrogens with zero attached hydrogens (tertiary/aromatic N) is 2. The number of nitrogens with one attached hydrogen (secondary N) is 1. The summed E-state index contributed by atoms with van der Waals surface area (Å²) in [5.41, 5.74) is 3.03. The van der Waals surface area contributed by atoms with Crippen molar-refractivity contribution in [3.8, 4) is 5.88 Å². The van der Waals surface area contributed by atoms with E-state index in [0.717, 1.165) is 16.8 Å². The molecule has 1 amide bonds. The summed E-state index contributed by atoms with van der Waals surface area (Å²) in [5.74, 6) is -0.542. The molecule has 11 heteroatoms. The number of primary sulfonamides is 1. The minimum Gasteiger partial charge on any atom is -0.493 e. The number of benzene rings is 2. The first-order valence-corrected chi connectivity index (χ1v) is 11.7. The van der Waals surface area contributed by atoms with Crippen molar-refractivity contribution in [2.75, 3.05) is 5.32 Å². The maximum atomic E-state index is 12.4. The standard InChI is InChI=1S/C20H16N4O4S3/c21-31(27,28)14-7-5-13(6-8-14)23-18(25)11-24-19(26)17(30-20(24)29)9-12-10-22-16-4-2-1-3-15(12)16/h1-10,26H,11H2,(H,23,25)(H2,21,27,28)/b12-9-. The fourth-order valence-electron chi connectivity index (χ4n) is 3.02. The third-order valence-corrected chi connectivity index (χ3v) is 6.82.